The molecule has 0 unspecified atom stereocenters. The van der Waals surface area contributed by atoms with Crippen LogP contribution in [-0.2, 0) is 13.5 Å². The van der Waals surface area contributed by atoms with Crippen LogP contribution in [0.15, 0.2) is 36.5 Å². The van der Waals surface area contributed by atoms with Gasteiger partial charge in [-0.25, -0.2) is 0 Å². The summed E-state index contributed by atoms with van der Waals surface area (Å²) in [5, 5.41) is 12.8. The molecule has 86 valence electrons. The lowest BCUT2D eigenvalue weighted by molar-refractivity contribution is 0.318. The van der Waals surface area contributed by atoms with E-state index in [0.29, 0.717) is 12.2 Å². The molecule has 1 aromatic heterocycles. The summed E-state index contributed by atoms with van der Waals surface area (Å²) >= 11 is 0. The fraction of sp³-hybridized carbons (Fsp3) is 0.231. The molecule has 0 amide bonds. The topological polar surface area (TPSA) is 50.8 Å². The Labute approximate surface area is 100 Å². The summed E-state index contributed by atoms with van der Waals surface area (Å²) in [5.74, 6) is 0.728. The second-order valence-electron chi connectivity index (χ2n) is 3.68. The van der Waals surface area contributed by atoms with Crippen molar-refractivity contribution in [2.24, 2.45) is 7.05 Å². The fourth-order valence-corrected chi connectivity index (χ4v) is 1.58. The Morgan fingerprint density at radius 2 is 2.29 bits per heavy atom. The molecule has 0 radical (unpaired) electrons. The molecule has 1 aromatic carbocycles. The first-order valence-corrected chi connectivity index (χ1v) is 5.39. The molecule has 0 aliphatic heterocycles. The van der Waals surface area contributed by atoms with Gasteiger partial charge >= 0.3 is 0 Å². The van der Waals surface area contributed by atoms with Crippen LogP contribution < -0.4 is 4.74 Å². The van der Waals surface area contributed by atoms with E-state index in [2.05, 4.69) is 11.2 Å². The first-order chi connectivity index (χ1) is 8.29. The summed E-state index contributed by atoms with van der Waals surface area (Å²) in [6, 6.07) is 11.2. The van der Waals surface area contributed by atoms with Gasteiger partial charge in [0.1, 0.15) is 5.75 Å². The van der Waals surface area contributed by atoms with Crippen LogP contribution in [0.25, 0.3) is 0 Å². The standard InChI is InChI=1S/C13H13N3O/c1-16-12(5-7-15-16)6-8-17-13-4-2-3-11(9-13)10-14/h2-5,7,9H,6,8H2,1H3. The molecule has 0 spiro atoms. The Morgan fingerprint density at radius 1 is 1.41 bits per heavy atom. The number of rotatable bonds is 4. The molecule has 0 aliphatic carbocycles. The summed E-state index contributed by atoms with van der Waals surface area (Å²) in [6.07, 6.45) is 2.57. The zero-order valence-electron chi connectivity index (χ0n) is 9.63. The molecule has 0 N–H and O–H groups in total. The molecule has 4 nitrogen and oxygen atoms in total. The largest absolute Gasteiger partial charge is 0.493 e. The minimum absolute atomic E-state index is 0.578. The average molecular weight is 227 g/mol. The lowest BCUT2D eigenvalue weighted by Gasteiger charge is -2.06. The summed E-state index contributed by atoms with van der Waals surface area (Å²) < 4.78 is 7.41. The van der Waals surface area contributed by atoms with E-state index >= 15 is 0 Å². The van der Waals surface area contributed by atoms with Crippen molar-refractivity contribution in [3.8, 4) is 11.8 Å². The van der Waals surface area contributed by atoms with Crippen LogP contribution >= 0.6 is 0 Å². The van der Waals surface area contributed by atoms with Crippen LogP contribution in [0.5, 0.6) is 5.75 Å². The van der Waals surface area contributed by atoms with Crippen LogP contribution in [0.2, 0.25) is 0 Å². The molecule has 0 saturated heterocycles. The fourth-order valence-electron chi connectivity index (χ4n) is 1.58. The average Bonchev–Trinajstić information content (AvgIpc) is 2.76. The molecule has 2 aromatic rings. The highest BCUT2D eigenvalue weighted by Crippen LogP contribution is 2.12. The number of hydrogen-bond acceptors (Lipinski definition) is 3. The van der Waals surface area contributed by atoms with Crippen LogP contribution in [0, 0.1) is 11.3 Å². The van der Waals surface area contributed by atoms with Gasteiger partial charge in [0.2, 0.25) is 0 Å². The van der Waals surface area contributed by atoms with Crippen molar-refractivity contribution in [2.75, 3.05) is 6.61 Å². The Bertz CT molecular complexity index is 540. The molecule has 0 saturated carbocycles. The normalized spacial score (nSPS) is 9.88. The summed E-state index contributed by atoms with van der Waals surface area (Å²) in [7, 11) is 1.91. The van der Waals surface area contributed by atoms with Crippen molar-refractivity contribution in [3.05, 3.63) is 47.8 Å². The lowest BCUT2D eigenvalue weighted by Crippen LogP contribution is -2.05. The third-order valence-electron chi connectivity index (χ3n) is 2.51. The molecule has 0 aliphatic rings. The SMILES string of the molecule is Cn1nccc1CCOc1cccc(C#N)c1. The number of nitrogens with zero attached hydrogens (tertiary/aromatic N) is 3. The van der Waals surface area contributed by atoms with E-state index in [1.807, 2.05) is 29.9 Å². The number of benzene rings is 1. The second-order valence-corrected chi connectivity index (χ2v) is 3.68. The van der Waals surface area contributed by atoms with E-state index < -0.39 is 0 Å². The maximum absolute atomic E-state index is 8.76. The quantitative estimate of drug-likeness (QED) is 0.801. The molecular weight excluding hydrogens is 214 g/mol. The molecule has 0 bridgehead atoms. The zero-order chi connectivity index (χ0) is 12.1. The van der Waals surface area contributed by atoms with Gasteiger partial charge < -0.3 is 4.74 Å². The number of aryl methyl sites for hydroxylation is 1. The van der Waals surface area contributed by atoms with Gasteiger partial charge in [-0.2, -0.15) is 10.4 Å². The summed E-state index contributed by atoms with van der Waals surface area (Å²) in [5.41, 5.74) is 1.74. The highest BCUT2D eigenvalue weighted by atomic mass is 16.5. The summed E-state index contributed by atoms with van der Waals surface area (Å²) in [6.45, 7) is 0.578. The smallest absolute Gasteiger partial charge is 0.120 e. The number of hydrogen-bond donors (Lipinski definition) is 0. The van der Waals surface area contributed by atoms with E-state index in [1.165, 1.54) is 0 Å². The van der Waals surface area contributed by atoms with Gasteiger partial charge in [0.05, 0.1) is 18.2 Å². The lowest BCUT2D eigenvalue weighted by atomic mass is 10.2. The van der Waals surface area contributed by atoms with Gasteiger partial charge in [-0.1, -0.05) is 6.07 Å². The molecular formula is C13H13N3O. The van der Waals surface area contributed by atoms with Gasteiger partial charge in [-0.05, 0) is 24.3 Å². The van der Waals surface area contributed by atoms with Gasteiger partial charge in [0.25, 0.3) is 0 Å². The molecule has 17 heavy (non-hydrogen) atoms. The predicted octanol–water partition coefficient (Wildman–Crippen LogP) is 1.91. The zero-order valence-corrected chi connectivity index (χ0v) is 9.63. The molecule has 2 rings (SSSR count). The number of nitriles is 1. The van der Waals surface area contributed by atoms with Crippen LogP contribution in [-0.4, -0.2) is 16.4 Å². The minimum Gasteiger partial charge on any atom is -0.493 e. The third-order valence-corrected chi connectivity index (χ3v) is 2.51. The first kappa shape index (κ1) is 11.2. The van der Waals surface area contributed by atoms with E-state index in [1.54, 1.807) is 18.3 Å². The molecule has 0 fully saturated rings. The van der Waals surface area contributed by atoms with E-state index in [4.69, 9.17) is 10.00 Å². The Morgan fingerprint density at radius 3 is 3.00 bits per heavy atom. The van der Waals surface area contributed by atoms with Crippen LogP contribution in [0.4, 0.5) is 0 Å². The van der Waals surface area contributed by atoms with Gasteiger partial charge in [-0.3, -0.25) is 4.68 Å². The van der Waals surface area contributed by atoms with E-state index in [-0.39, 0.29) is 0 Å². The predicted molar refractivity (Wildman–Crippen MR) is 63.6 cm³/mol. The van der Waals surface area contributed by atoms with Crippen molar-refractivity contribution >= 4 is 0 Å². The maximum Gasteiger partial charge on any atom is 0.120 e. The van der Waals surface area contributed by atoms with Crippen molar-refractivity contribution in [2.45, 2.75) is 6.42 Å². The van der Waals surface area contributed by atoms with Crippen LogP contribution in [0.3, 0.4) is 0 Å². The van der Waals surface area contributed by atoms with Crippen molar-refractivity contribution in [1.82, 2.24) is 9.78 Å². The van der Waals surface area contributed by atoms with Crippen molar-refractivity contribution in [3.63, 3.8) is 0 Å². The van der Waals surface area contributed by atoms with E-state index in [0.717, 1.165) is 17.9 Å². The Balaban J connectivity index is 1.90. The third kappa shape index (κ3) is 2.85. The van der Waals surface area contributed by atoms with Gasteiger partial charge in [0, 0.05) is 25.4 Å². The highest BCUT2D eigenvalue weighted by Gasteiger charge is 2.00. The minimum atomic E-state index is 0.578. The van der Waals surface area contributed by atoms with Gasteiger partial charge in [-0.15, -0.1) is 0 Å². The maximum atomic E-state index is 8.76. The molecule has 4 heteroatoms. The molecule has 0 atom stereocenters. The number of ether oxygens (including phenoxy) is 1. The monoisotopic (exact) mass is 227 g/mol. The van der Waals surface area contributed by atoms with Crippen molar-refractivity contribution in [1.29, 1.82) is 5.26 Å². The second kappa shape index (κ2) is 5.17. The van der Waals surface area contributed by atoms with Crippen LogP contribution in [0.1, 0.15) is 11.3 Å². The summed E-state index contributed by atoms with van der Waals surface area (Å²) in [4.78, 5) is 0. The number of aromatic nitrogens is 2. The highest BCUT2D eigenvalue weighted by molar-refractivity contribution is 5.36. The first-order valence-electron chi connectivity index (χ1n) is 5.39. The van der Waals surface area contributed by atoms with Gasteiger partial charge in [0.15, 0.2) is 0 Å². The van der Waals surface area contributed by atoms with E-state index in [9.17, 15) is 0 Å². The Hall–Kier alpha value is -2.28. The molecule has 1 heterocycles. The van der Waals surface area contributed by atoms with Crippen molar-refractivity contribution < 1.29 is 4.74 Å². The Kier molecular flexibility index (Phi) is 3.41.